The van der Waals surface area contributed by atoms with Gasteiger partial charge in [0.25, 0.3) is 0 Å². The van der Waals surface area contributed by atoms with Crippen LogP contribution < -0.4 is 4.90 Å². The second-order valence-corrected chi connectivity index (χ2v) is 16.8. The predicted octanol–water partition coefficient (Wildman–Crippen LogP) is 15.9. The molecule has 0 bridgehead atoms. The van der Waals surface area contributed by atoms with Crippen LogP contribution in [0.3, 0.4) is 0 Å². The lowest BCUT2D eigenvalue weighted by Crippen LogP contribution is -2.26. The van der Waals surface area contributed by atoms with E-state index < -0.39 is 5.41 Å². The number of benzene rings is 10. The average Bonchev–Trinajstić information content (AvgIpc) is 3.97. The van der Waals surface area contributed by atoms with Crippen LogP contribution in [-0.2, 0) is 5.41 Å². The number of para-hydroxylation sites is 2. The molecule has 0 atom stereocenters. The van der Waals surface area contributed by atoms with Crippen LogP contribution in [0.1, 0.15) is 22.3 Å². The van der Waals surface area contributed by atoms with Gasteiger partial charge in [-0.25, -0.2) is 0 Å². The maximum atomic E-state index is 2.55. The SMILES string of the molecule is c1ccc(-c2ccc(N(c3ccc4c(c3)C3(c5ccccc5-c5ccccc53)c3ccccc3-4)c3c(-c4ccccc4)ccc4c3c3ccccc3n4-c3ccccc3)cc2)cc1. The summed E-state index contributed by atoms with van der Waals surface area (Å²) in [4.78, 5) is 2.55. The van der Waals surface area contributed by atoms with E-state index in [0.29, 0.717) is 0 Å². The van der Waals surface area contributed by atoms with Gasteiger partial charge in [-0.1, -0.05) is 194 Å². The number of nitrogens with zero attached hydrogens (tertiary/aromatic N) is 2. The van der Waals surface area contributed by atoms with Crippen molar-refractivity contribution in [2.75, 3.05) is 4.90 Å². The summed E-state index contributed by atoms with van der Waals surface area (Å²) in [5.74, 6) is 0. The standard InChI is InChI=1S/C61H40N2/c1-4-18-41(19-5-1)42-32-34-45(35-33-42)62(60-47(43-20-6-2-7-21-43)38-39-58-59(60)52-27-13-17-31-57(52)63(58)44-22-8-3-9-23-44)46-36-37-51-50-26-12-16-30-55(50)61(56(51)40-46)53-28-14-10-24-48(53)49-25-11-15-29-54(49)61/h1-40H. The fourth-order valence-electron chi connectivity index (χ4n) is 11.0. The van der Waals surface area contributed by atoms with Crippen molar-refractivity contribution in [3.63, 3.8) is 0 Å². The Morgan fingerprint density at radius 2 is 0.794 bits per heavy atom. The van der Waals surface area contributed by atoms with Gasteiger partial charge in [0.1, 0.15) is 0 Å². The van der Waals surface area contributed by atoms with Gasteiger partial charge >= 0.3 is 0 Å². The topological polar surface area (TPSA) is 8.17 Å². The van der Waals surface area contributed by atoms with Crippen LogP contribution in [0.2, 0.25) is 0 Å². The molecule has 0 fully saturated rings. The zero-order valence-corrected chi connectivity index (χ0v) is 34.5. The summed E-state index contributed by atoms with van der Waals surface area (Å²) in [6, 6.07) is 89.6. The first-order valence-electron chi connectivity index (χ1n) is 21.9. The Labute approximate surface area is 367 Å². The highest BCUT2D eigenvalue weighted by atomic mass is 15.2. The summed E-state index contributed by atoms with van der Waals surface area (Å²) in [5.41, 5.74) is 21.6. The zero-order chi connectivity index (χ0) is 41.5. The molecule has 1 spiro atoms. The average molecular weight is 801 g/mol. The van der Waals surface area contributed by atoms with Crippen molar-refractivity contribution in [3.05, 3.63) is 265 Å². The van der Waals surface area contributed by atoms with Crippen LogP contribution in [0.25, 0.3) is 72.0 Å². The first kappa shape index (κ1) is 35.5. The first-order chi connectivity index (χ1) is 31.3. The molecule has 1 heterocycles. The van der Waals surface area contributed by atoms with Gasteiger partial charge in [0, 0.05) is 33.4 Å². The predicted molar refractivity (Wildman–Crippen MR) is 263 cm³/mol. The van der Waals surface area contributed by atoms with Gasteiger partial charge in [0.05, 0.1) is 22.1 Å². The molecule has 0 radical (unpaired) electrons. The van der Waals surface area contributed by atoms with E-state index in [1.54, 1.807) is 0 Å². The highest BCUT2D eigenvalue weighted by Gasteiger charge is 2.51. The molecule has 10 aromatic carbocycles. The minimum absolute atomic E-state index is 0.477. The smallest absolute Gasteiger partial charge is 0.0726 e. The maximum Gasteiger partial charge on any atom is 0.0726 e. The summed E-state index contributed by atoms with van der Waals surface area (Å²) >= 11 is 0. The summed E-state index contributed by atoms with van der Waals surface area (Å²) in [5, 5.41) is 2.41. The lowest BCUT2D eigenvalue weighted by atomic mass is 9.70. The molecule has 13 rings (SSSR count). The maximum absolute atomic E-state index is 2.55. The molecule has 11 aromatic rings. The summed E-state index contributed by atoms with van der Waals surface area (Å²) < 4.78 is 2.43. The second kappa shape index (κ2) is 13.9. The Kier molecular flexibility index (Phi) is 7.85. The normalized spacial score (nSPS) is 12.9. The number of rotatable bonds is 6. The molecule has 2 nitrogen and oxygen atoms in total. The Bertz CT molecular complexity index is 3480. The van der Waals surface area contributed by atoms with E-state index in [1.807, 2.05) is 0 Å². The zero-order valence-electron chi connectivity index (χ0n) is 34.5. The quantitative estimate of drug-likeness (QED) is 0.163. The van der Waals surface area contributed by atoms with E-state index in [9.17, 15) is 0 Å². The molecule has 0 N–H and O–H groups in total. The Hall–Kier alpha value is -8.20. The van der Waals surface area contributed by atoms with E-state index in [0.717, 1.165) is 28.3 Å². The van der Waals surface area contributed by atoms with Gasteiger partial charge in [0.2, 0.25) is 0 Å². The molecule has 0 amide bonds. The number of hydrogen-bond donors (Lipinski definition) is 0. The molecule has 0 aliphatic heterocycles. The van der Waals surface area contributed by atoms with Crippen molar-refractivity contribution in [1.82, 2.24) is 4.57 Å². The molecule has 0 saturated carbocycles. The monoisotopic (exact) mass is 800 g/mol. The molecule has 2 heteroatoms. The molecule has 63 heavy (non-hydrogen) atoms. The van der Waals surface area contributed by atoms with Crippen LogP contribution >= 0.6 is 0 Å². The van der Waals surface area contributed by atoms with Crippen LogP contribution in [0.5, 0.6) is 0 Å². The molecule has 2 aliphatic rings. The molecule has 0 unspecified atom stereocenters. The van der Waals surface area contributed by atoms with Gasteiger partial charge in [-0.05, 0) is 110 Å². The minimum atomic E-state index is -0.477. The summed E-state index contributed by atoms with van der Waals surface area (Å²) in [7, 11) is 0. The molecular weight excluding hydrogens is 761 g/mol. The Morgan fingerprint density at radius 1 is 0.317 bits per heavy atom. The van der Waals surface area contributed by atoms with Crippen LogP contribution in [0, 0.1) is 0 Å². The van der Waals surface area contributed by atoms with E-state index in [1.165, 1.54) is 83.1 Å². The van der Waals surface area contributed by atoms with E-state index in [-0.39, 0.29) is 0 Å². The number of hydrogen-bond acceptors (Lipinski definition) is 1. The fourth-order valence-corrected chi connectivity index (χ4v) is 11.0. The van der Waals surface area contributed by atoms with Gasteiger partial charge < -0.3 is 9.47 Å². The largest absolute Gasteiger partial charge is 0.309 e. The van der Waals surface area contributed by atoms with Crippen molar-refractivity contribution in [2.45, 2.75) is 5.41 Å². The van der Waals surface area contributed by atoms with Crippen molar-refractivity contribution in [2.24, 2.45) is 0 Å². The summed E-state index contributed by atoms with van der Waals surface area (Å²) in [6.45, 7) is 0. The third-order valence-electron chi connectivity index (χ3n) is 13.6. The highest BCUT2D eigenvalue weighted by Crippen LogP contribution is 2.63. The van der Waals surface area contributed by atoms with Crippen molar-refractivity contribution in [1.29, 1.82) is 0 Å². The van der Waals surface area contributed by atoms with Gasteiger partial charge in [-0.2, -0.15) is 0 Å². The van der Waals surface area contributed by atoms with Crippen molar-refractivity contribution >= 4 is 38.9 Å². The van der Waals surface area contributed by atoms with Crippen molar-refractivity contribution in [3.8, 4) is 50.2 Å². The minimum Gasteiger partial charge on any atom is -0.309 e. The summed E-state index contributed by atoms with van der Waals surface area (Å²) in [6.07, 6.45) is 0. The van der Waals surface area contributed by atoms with E-state index in [4.69, 9.17) is 0 Å². The van der Waals surface area contributed by atoms with Gasteiger partial charge in [-0.15, -0.1) is 0 Å². The third kappa shape index (κ3) is 5.13. The molecule has 1 aromatic heterocycles. The second-order valence-electron chi connectivity index (χ2n) is 16.8. The number of aromatic nitrogens is 1. The fraction of sp³-hybridized carbons (Fsp3) is 0.0164. The number of anilines is 3. The van der Waals surface area contributed by atoms with Crippen molar-refractivity contribution < 1.29 is 0 Å². The van der Waals surface area contributed by atoms with Gasteiger partial charge in [0.15, 0.2) is 0 Å². The Morgan fingerprint density at radius 3 is 1.43 bits per heavy atom. The molecule has 294 valence electrons. The number of fused-ring (bicyclic) bond motifs is 13. The van der Waals surface area contributed by atoms with E-state index >= 15 is 0 Å². The highest BCUT2D eigenvalue weighted by molar-refractivity contribution is 6.20. The van der Waals surface area contributed by atoms with Crippen LogP contribution in [-0.4, -0.2) is 4.57 Å². The Balaban J connectivity index is 1.15. The molecular formula is C61H40N2. The third-order valence-corrected chi connectivity index (χ3v) is 13.6. The van der Waals surface area contributed by atoms with Gasteiger partial charge in [-0.3, -0.25) is 0 Å². The lowest BCUT2D eigenvalue weighted by Gasteiger charge is -2.33. The lowest BCUT2D eigenvalue weighted by molar-refractivity contribution is 0.793. The van der Waals surface area contributed by atoms with Crippen LogP contribution in [0.4, 0.5) is 17.1 Å². The first-order valence-corrected chi connectivity index (χ1v) is 21.9. The van der Waals surface area contributed by atoms with Crippen LogP contribution in [0.15, 0.2) is 243 Å². The van der Waals surface area contributed by atoms with E-state index in [2.05, 4.69) is 252 Å². The molecule has 0 saturated heterocycles. The molecule has 2 aliphatic carbocycles.